The topological polar surface area (TPSA) is 80.6 Å². The molecule has 2 heterocycles. The van der Waals surface area contributed by atoms with Gasteiger partial charge in [0.1, 0.15) is 18.3 Å². The first-order chi connectivity index (χ1) is 15.7. The molecule has 2 aromatic carbocycles. The van der Waals surface area contributed by atoms with Gasteiger partial charge in [-0.3, -0.25) is 14.4 Å². The number of hydrogen-bond donors (Lipinski definition) is 1. The lowest BCUT2D eigenvalue weighted by atomic mass is 10.2. The maximum absolute atomic E-state index is 13.0. The Morgan fingerprint density at radius 1 is 1.15 bits per heavy atom. The molecule has 0 bridgehead atoms. The lowest BCUT2D eigenvalue weighted by Crippen LogP contribution is -2.44. The number of carbonyl (C=O) groups excluding carboxylic acids is 3. The van der Waals surface area contributed by atoms with E-state index in [1.165, 1.54) is 17.0 Å². The molecule has 0 spiro atoms. The zero-order valence-corrected chi connectivity index (χ0v) is 17.3. The van der Waals surface area contributed by atoms with Crippen molar-refractivity contribution in [2.75, 3.05) is 11.9 Å². The SMILES string of the molecule is O=Cc1cn(CC(=O)N2CCC[C@H]2C(=O)Nc2cccc(OC(F)(F)F)c2)c2ccccc12. The average Bonchev–Trinajstić information content (AvgIpc) is 3.38. The fourth-order valence-corrected chi connectivity index (χ4v) is 4.07. The number of benzene rings is 2. The predicted octanol–water partition coefficient (Wildman–Crippen LogP) is 3.98. The molecule has 1 atom stereocenters. The average molecular weight is 459 g/mol. The summed E-state index contributed by atoms with van der Waals surface area (Å²) in [6.07, 6.45) is -1.46. The number of aromatic nitrogens is 1. The Labute approximate surface area is 186 Å². The van der Waals surface area contributed by atoms with Crippen molar-refractivity contribution in [3.8, 4) is 5.75 Å². The van der Waals surface area contributed by atoms with E-state index >= 15 is 0 Å². The van der Waals surface area contributed by atoms with Crippen molar-refractivity contribution in [1.82, 2.24) is 9.47 Å². The van der Waals surface area contributed by atoms with Gasteiger partial charge in [0.15, 0.2) is 6.29 Å². The molecule has 0 aliphatic carbocycles. The number of ether oxygens (including phenoxy) is 1. The number of fused-ring (bicyclic) bond motifs is 1. The number of alkyl halides is 3. The van der Waals surface area contributed by atoms with Crippen molar-refractivity contribution in [1.29, 1.82) is 0 Å². The quantitative estimate of drug-likeness (QED) is 0.566. The van der Waals surface area contributed by atoms with Gasteiger partial charge < -0.3 is 19.5 Å². The smallest absolute Gasteiger partial charge is 0.406 e. The van der Waals surface area contributed by atoms with Gasteiger partial charge >= 0.3 is 6.36 Å². The Balaban J connectivity index is 1.47. The van der Waals surface area contributed by atoms with E-state index < -0.39 is 24.1 Å². The number of aldehydes is 1. The van der Waals surface area contributed by atoms with Gasteiger partial charge in [-0.2, -0.15) is 0 Å². The second-order valence-corrected chi connectivity index (χ2v) is 7.66. The lowest BCUT2D eigenvalue weighted by Gasteiger charge is -2.24. The van der Waals surface area contributed by atoms with Gasteiger partial charge in [-0.25, -0.2) is 0 Å². The van der Waals surface area contributed by atoms with E-state index in [1.54, 1.807) is 35.0 Å². The molecule has 10 heteroatoms. The molecule has 7 nitrogen and oxygen atoms in total. The summed E-state index contributed by atoms with van der Waals surface area (Å²) in [6.45, 7) is 0.334. The van der Waals surface area contributed by atoms with Crippen molar-refractivity contribution in [2.45, 2.75) is 31.8 Å². The number of halogens is 3. The number of nitrogens with zero attached hydrogens (tertiary/aromatic N) is 2. The molecular formula is C23H20F3N3O4. The van der Waals surface area contributed by atoms with Crippen LogP contribution in [0.1, 0.15) is 23.2 Å². The third-order valence-electron chi connectivity index (χ3n) is 5.46. The van der Waals surface area contributed by atoms with Gasteiger partial charge in [-0.1, -0.05) is 24.3 Å². The van der Waals surface area contributed by atoms with Crippen molar-refractivity contribution in [2.24, 2.45) is 0 Å². The van der Waals surface area contributed by atoms with Crippen LogP contribution in [0.5, 0.6) is 5.75 Å². The number of carbonyl (C=O) groups is 3. The number of nitrogens with one attached hydrogen (secondary N) is 1. The number of amides is 2. The summed E-state index contributed by atoms with van der Waals surface area (Å²) in [5.41, 5.74) is 1.33. The van der Waals surface area contributed by atoms with Crippen LogP contribution in [0.4, 0.5) is 18.9 Å². The molecule has 1 saturated heterocycles. The van der Waals surface area contributed by atoms with Crippen LogP contribution in [0.15, 0.2) is 54.7 Å². The fourth-order valence-electron chi connectivity index (χ4n) is 4.07. The minimum atomic E-state index is -4.84. The normalized spacial score (nSPS) is 16.1. The standard InChI is InChI=1S/C23H20F3N3O4/c24-23(25,26)33-17-6-3-5-16(11-17)27-22(32)20-9-4-10-29(20)21(31)13-28-12-15(14-30)18-7-1-2-8-19(18)28/h1-3,5-8,11-12,14,20H,4,9-10,13H2,(H,27,32)/t20-/m0/s1. The first kappa shape index (κ1) is 22.4. The molecule has 1 aliphatic rings. The fraction of sp³-hybridized carbons (Fsp3) is 0.261. The van der Waals surface area contributed by atoms with Gasteiger partial charge in [0.05, 0.1) is 0 Å². The lowest BCUT2D eigenvalue weighted by molar-refractivity contribution is -0.274. The van der Waals surface area contributed by atoms with Gasteiger partial charge in [0, 0.05) is 41.0 Å². The van der Waals surface area contributed by atoms with Crippen molar-refractivity contribution >= 4 is 34.7 Å². The van der Waals surface area contributed by atoms with E-state index in [1.807, 2.05) is 0 Å². The third kappa shape index (κ3) is 5.00. The Bertz CT molecular complexity index is 1210. The van der Waals surface area contributed by atoms with Crippen molar-refractivity contribution in [3.63, 3.8) is 0 Å². The molecule has 3 aromatic rings. The third-order valence-corrected chi connectivity index (χ3v) is 5.46. The van der Waals surface area contributed by atoms with Crippen LogP contribution in [-0.4, -0.2) is 46.5 Å². The number of para-hydroxylation sites is 1. The van der Waals surface area contributed by atoms with Crippen LogP contribution in [0.25, 0.3) is 10.9 Å². The van der Waals surface area contributed by atoms with Crippen LogP contribution < -0.4 is 10.1 Å². The number of rotatable bonds is 6. The second-order valence-electron chi connectivity index (χ2n) is 7.66. The molecule has 33 heavy (non-hydrogen) atoms. The molecule has 1 aliphatic heterocycles. The zero-order valence-electron chi connectivity index (χ0n) is 17.3. The highest BCUT2D eigenvalue weighted by Gasteiger charge is 2.35. The van der Waals surface area contributed by atoms with Crippen LogP contribution in [0.2, 0.25) is 0 Å². The van der Waals surface area contributed by atoms with Gasteiger partial charge in [0.2, 0.25) is 11.8 Å². The number of likely N-dealkylation sites (tertiary alicyclic amines) is 1. The summed E-state index contributed by atoms with van der Waals surface area (Å²) in [6, 6.07) is 11.4. The van der Waals surface area contributed by atoms with Crippen LogP contribution in [-0.2, 0) is 16.1 Å². The van der Waals surface area contributed by atoms with Crippen molar-refractivity contribution in [3.05, 3.63) is 60.3 Å². The summed E-state index contributed by atoms with van der Waals surface area (Å²) in [5, 5.41) is 3.30. The molecule has 1 aromatic heterocycles. The van der Waals surface area contributed by atoms with E-state index in [4.69, 9.17) is 0 Å². The summed E-state index contributed by atoms with van der Waals surface area (Å²) >= 11 is 0. The molecule has 0 unspecified atom stereocenters. The van der Waals surface area contributed by atoms with Crippen LogP contribution in [0.3, 0.4) is 0 Å². The predicted molar refractivity (Wildman–Crippen MR) is 114 cm³/mol. The maximum Gasteiger partial charge on any atom is 0.573 e. The summed E-state index contributed by atoms with van der Waals surface area (Å²) in [5.74, 6) is -1.24. The Morgan fingerprint density at radius 2 is 1.94 bits per heavy atom. The molecular weight excluding hydrogens is 439 g/mol. The highest BCUT2D eigenvalue weighted by atomic mass is 19.4. The molecule has 0 saturated carbocycles. The molecule has 2 amide bonds. The van der Waals surface area contributed by atoms with Gasteiger partial charge in [0.25, 0.3) is 0 Å². The largest absolute Gasteiger partial charge is 0.573 e. The van der Waals surface area contributed by atoms with Crippen molar-refractivity contribution < 1.29 is 32.3 Å². The Morgan fingerprint density at radius 3 is 2.70 bits per heavy atom. The van der Waals surface area contributed by atoms with Crippen LogP contribution in [0, 0.1) is 0 Å². The highest BCUT2D eigenvalue weighted by molar-refractivity contribution is 5.99. The van der Waals surface area contributed by atoms with E-state index in [-0.39, 0.29) is 18.1 Å². The number of anilines is 1. The van der Waals surface area contributed by atoms with Crippen LogP contribution >= 0.6 is 0 Å². The van der Waals surface area contributed by atoms with Gasteiger partial charge in [-0.15, -0.1) is 13.2 Å². The second kappa shape index (κ2) is 8.97. The van der Waals surface area contributed by atoms with E-state index in [9.17, 15) is 27.6 Å². The minimum absolute atomic E-state index is 0.0486. The molecule has 172 valence electrons. The van der Waals surface area contributed by atoms with E-state index in [2.05, 4.69) is 10.1 Å². The summed E-state index contributed by atoms with van der Waals surface area (Å²) < 4.78 is 42.9. The maximum atomic E-state index is 13.0. The highest BCUT2D eigenvalue weighted by Crippen LogP contribution is 2.27. The summed E-state index contributed by atoms with van der Waals surface area (Å²) in [7, 11) is 0. The minimum Gasteiger partial charge on any atom is -0.406 e. The van der Waals surface area contributed by atoms with Gasteiger partial charge in [-0.05, 0) is 31.0 Å². The van der Waals surface area contributed by atoms with E-state index in [0.29, 0.717) is 24.9 Å². The Kier molecular flexibility index (Phi) is 6.08. The first-order valence-electron chi connectivity index (χ1n) is 10.2. The molecule has 0 radical (unpaired) electrons. The molecule has 1 N–H and O–H groups in total. The first-order valence-corrected chi connectivity index (χ1v) is 10.2. The number of hydrogen-bond acceptors (Lipinski definition) is 4. The summed E-state index contributed by atoms with van der Waals surface area (Å²) in [4.78, 5) is 38.7. The monoisotopic (exact) mass is 459 g/mol. The molecule has 1 fully saturated rings. The molecule has 4 rings (SSSR count). The Hall–Kier alpha value is -3.82. The zero-order chi connectivity index (χ0) is 23.6. The van der Waals surface area contributed by atoms with E-state index in [0.717, 1.165) is 29.3 Å².